The molecule has 4 rings (SSSR count). The van der Waals surface area contributed by atoms with E-state index in [9.17, 15) is 9.59 Å². The van der Waals surface area contributed by atoms with E-state index in [1.165, 1.54) is 16.0 Å². The summed E-state index contributed by atoms with van der Waals surface area (Å²) in [6.45, 7) is 7.88. The molecule has 1 atom stereocenters. The van der Waals surface area contributed by atoms with Gasteiger partial charge in [-0.3, -0.25) is 14.2 Å². The van der Waals surface area contributed by atoms with E-state index in [4.69, 9.17) is 4.98 Å². The standard InChI is InChI=1S/C22H23N3O2S3/c1-4-10-23-18(26)14(3)29-22-24-19-17(16-9-6-11-28-21(16)30-19)20(27)25(22)15-8-5-7-13(2)12-15/h4-5,7-8,12,14H,1,6,9-11H2,2-3H3,(H,23,26)/t14-/m0/s1. The van der Waals surface area contributed by atoms with Crippen LogP contribution in [0.15, 0.2) is 51.1 Å². The van der Waals surface area contributed by atoms with Crippen molar-refractivity contribution >= 4 is 51.0 Å². The molecule has 0 fully saturated rings. The number of nitrogens with zero attached hydrogens (tertiary/aromatic N) is 2. The number of hydrogen-bond acceptors (Lipinski definition) is 6. The van der Waals surface area contributed by atoms with E-state index in [-0.39, 0.29) is 11.5 Å². The van der Waals surface area contributed by atoms with Gasteiger partial charge in [0.1, 0.15) is 4.83 Å². The summed E-state index contributed by atoms with van der Waals surface area (Å²) in [6.07, 6.45) is 3.64. The van der Waals surface area contributed by atoms with Gasteiger partial charge in [-0.2, -0.15) is 0 Å². The minimum Gasteiger partial charge on any atom is -0.352 e. The van der Waals surface area contributed by atoms with Crippen molar-refractivity contribution in [3.63, 3.8) is 0 Å². The highest BCUT2D eigenvalue weighted by Gasteiger charge is 2.25. The number of nitrogens with one attached hydrogen (secondary N) is 1. The van der Waals surface area contributed by atoms with Gasteiger partial charge >= 0.3 is 0 Å². The zero-order valence-corrected chi connectivity index (χ0v) is 19.4. The van der Waals surface area contributed by atoms with Crippen LogP contribution in [0.3, 0.4) is 0 Å². The summed E-state index contributed by atoms with van der Waals surface area (Å²) >= 11 is 4.72. The molecule has 3 heterocycles. The lowest BCUT2D eigenvalue weighted by Gasteiger charge is -2.16. The fraction of sp³-hybridized carbons (Fsp3) is 0.318. The molecule has 1 N–H and O–H groups in total. The van der Waals surface area contributed by atoms with Gasteiger partial charge in [0.2, 0.25) is 5.91 Å². The summed E-state index contributed by atoms with van der Waals surface area (Å²) < 4.78 is 2.87. The number of thiophene rings is 1. The lowest BCUT2D eigenvalue weighted by atomic mass is 10.1. The van der Waals surface area contributed by atoms with Crippen LogP contribution in [0.25, 0.3) is 15.9 Å². The van der Waals surface area contributed by atoms with E-state index in [1.54, 1.807) is 22.0 Å². The van der Waals surface area contributed by atoms with E-state index >= 15 is 0 Å². The van der Waals surface area contributed by atoms with Crippen molar-refractivity contribution < 1.29 is 4.79 Å². The van der Waals surface area contributed by atoms with Crippen molar-refractivity contribution in [3.05, 3.63) is 58.4 Å². The summed E-state index contributed by atoms with van der Waals surface area (Å²) in [5, 5.41) is 3.70. The molecule has 0 saturated carbocycles. The maximum Gasteiger partial charge on any atom is 0.267 e. The quantitative estimate of drug-likeness (QED) is 0.334. The average Bonchev–Trinajstić information content (AvgIpc) is 3.10. The maximum absolute atomic E-state index is 13.7. The van der Waals surface area contributed by atoms with Crippen LogP contribution in [0, 0.1) is 6.92 Å². The topological polar surface area (TPSA) is 64.0 Å². The zero-order valence-electron chi connectivity index (χ0n) is 16.9. The number of aromatic nitrogens is 2. The van der Waals surface area contributed by atoms with Gasteiger partial charge in [0.25, 0.3) is 5.56 Å². The molecule has 1 aliphatic rings. The number of thioether (sulfide) groups is 2. The van der Waals surface area contributed by atoms with Gasteiger partial charge in [0.15, 0.2) is 5.16 Å². The number of fused-ring (bicyclic) bond motifs is 3. The number of hydrogen-bond donors (Lipinski definition) is 1. The van der Waals surface area contributed by atoms with Crippen LogP contribution in [-0.4, -0.2) is 33.0 Å². The highest BCUT2D eigenvalue weighted by atomic mass is 32.2. The van der Waals surface area contributed by atoms with Crippen molar-refractivity contribution in [2.24, 2.45) is 0 Å². The van der Waals surface area contributed by atoms with Crippen LogP contribution in [0.5, 0.6) is 0 Å². The first-order valence-corrected chi connectivity index (χ1v) is 12.5. The first-order valence-electron chi connectivity index (χ1n) is 9.83. The minimum absolute atomic E-state index is 0.0493. The SMILES string of the molecule is C=CCNC(=O)[C@H](C)Sc1nc2sc3c(c2c(=O)n1-c1cccc(C)c1)CCCS3. The predicted molar refractivity (Wildman–Crippen MR) is 128 cm³/mol. The Morgan fingerprint density at radius 2 is 2.30 bits per heavy atom. The predicted octanol–water partition coefficient (Wildman–Crippen LogP) is 4.58. The summed E-state index contributed by atoms with van der Waals surface area (Å²) in [5.74, 6) is 0.972. The molecule has 0 unspecified atom stereocenters. The summed E-state index contributed by atoms with van der Waals surface area (Å²) in [7, 11) is 0. The number of carbonyl (C=O) groups is 1. The normalized spacial score (nSPS) is 14.3. The molecule has 156 valence electrons. The second-order valence-electron chi connectivity index (χ2n) is 7.17. The van der Waals surface area contributed by atoms with Crippen molar-refractivity contribution in [2.75, 3.05) is 12.3 Å². The van der Waals surface area contributed by atoms with Crippen LogP contribution in [0.1, 0.15) is 24.5 Å². The van der Waals surface area contributed by atoms with Crippen LogP contribution in [0.2, 0.25) is 0 Å². The Kier molecular flexibility index (Phi) is 6.36. The molecule has 0 radical (unpaired) electrons. The number of aryl methyl sites for hydroxylation is 2. The third-order valence-electron chi connectivity index (χ3n) is 4.89. The monoisotopic (exact) mass is 457 g/mol. The Balaban J connectivity index is 1.87. The Morgan fingerprint density at radius 3 is 3.07 bits per heavy atom. The number of rotatable bonds is 6. The maximum atomic E-state index is 13.7. The molecule has 2 aromatic heterocycles. The summed E-state index contributed by atoms with van der Waals surface area (Å²) in [4.78, 5) is 31.8. The highest BCUT2D eigenvalue weighted by molar-refractivity contribution is 8.01. The largest absolute Gasteiger partial charge is 0.352 e. The highest BCUT2D eigenvalue weighted by Crippen LogP contribution is 2.41. The van der Waals surface area contributed by atoms with E-state index in [0.717, 1.165) is 45.6 Å². The fourth-order valence-corrected chi connectivity index (χ4v) is 6.95. The van der Waals surface area contributed by atoms with Gasteiger partial charge < -0.3 is 5.32 Å². The van der Waals surface area contributed by atoms with E-state index in [0.29, 0.717) is 11.7 Å². The number of amides is 1. The molecule has 3 aromatic rings. The molecule has 0 aliphatic carbocycles. The van der Waals surface area contributed by atoms with Crippen LogP contribution in [0.4, 0.5) is 0 Å². The van der Waals surface area contributed by atoms with Crippen molar-refractivity contribution in [1.82, 2.24) is 14.9 Å². The molecule has 1 aromatic carbocycles. The van der Waals surface area contributed by atoms with Gasteiger partial charge in [-0.15, -0.1) is 29.7 Å². The second kappa shape index (κ2) is 8.99. The first-order chi connectivity index (χ1) is 14.5. The van der Waals surface area contributed by atoms with Gasteiger partial charge in [-0.1, -0.05) is 30.0 Å². The lowest BCUT2D eigenvalue weighted by molar-refractivity contribution is -0.120. The Labute approximate surface area is 188 Å². The lowest BCUT2D eigenvalue weighted by Crippen LogP contribution is -2.32. The third-order valence-corrected chi connectivity index (χ3v) is 8.47. The van der Waals surface area contributed by atoms with E-state index in [1.807, 2.05) is 49.9 Å². The molecule has 1 aliphatic heterocycles. The average molecular weight is 458 g/mol. The molecule has 0 spiro atoms. The van der Waals surface area contributed by atoms with Gasteiger partial charge in [0, 0.05) is 6.54 Å². The molecule has 1 amide bonds. The van der Waals surface area contributed by atoms with Crippen LogP contribution < -0.4 is 10.9 Å². The van der Waals surface area contributed by atoms with Crippen molar-refractivity contribution in [3.8, 4) is 5.69 Å². The number of benzene rings is 1. The molecule has 0 bridgehead atoms. The zero-order chi connectivity index (χ0) is 21.3. The third kappa shape index (κ3) is 4.08. The minimum atomic E-state index is -0.394. The van der Waals surface area contributed by atoms with E-state index < -0.39 is 5.25 Å². The Hall–Kier alpha value is -2.03. The van der Waals surface area contributed by atoms with Crippen molar-refractivity contribution in [1.29, 1.82) is 0 Å². The van der Waals surface area contributed by atoms with Gasteiger partial charge in [-0.25, -0.2) is 4.98 Å². The van der Waals surface area contributed by atoms with Gasteiger partial charge in [-0.05, 0) is 55.7 Å². The molecule has 5 nitrogen and oxygen atoms in total. The Bertz CT molecular complexity index is 1180. The molecular formula is C22H23N3O2S3. The number of carbonyl (C=O) groups excluding carboxylic acids is 1. The fourth-order valence-electron chi connectivity index (χ4n) is 3.43. The molecule has 8 heteroatoms. The van der Waals surface area contributed by atoms with Crippen LogP contribution in [-0.2, 0) is 11.2 Å². The summed E-state index contributed by atoms with van der Waals surface area (Å²) in [5.41, 5.74) is 2.93. The molecule has 0 saturated heterocycles. The smallest absolute Gasteiger partial charge is 0.267 e. The first kappa shape index (κ1) is 21.2. The van der Waals surface area contributed by atoms with Crippen LogP contribution >= 0.6 is 34.9 Å². The van der Waals surface area contributed by atoms with E-state index in [2.05, 4.69) is 11.9 Å². The molecule has 30 heavy (non-hydrogen) atoms. The summed E-state index contributed by atoms with van der Waals surface area (Å²) in [6, 6.07) is 7.84. The second-order valence-corrected chi connectivity index (χ2v) is 10.8. The van der Waals surface area contributed by atoms with Crippen molar-refractivity contribution in [2.45, 2.75) is 41.3 Å². The van der Waals surface area contributed by atoms with Gasteiger partial charge in [0.05, 0.1) is 20.5 Å². The Morgan fingerprint density at radius 1 is 1.47 bits per heavy atom. The molecular weight excluding hydrogens is 434 g/mol.